The first-order valence-electron chi connectivity index (χ1n) is 11.2. The third kappa shape index (κ3) is 5.93. The topological polar surface area (TPSA) is 105 Å². The molecule has 0 radical (unpaired) electrons. The summed E-state index contributed by atoms with van der Waals surface area (Å²) in [6, 6.07) is 16.0. The summed E-state index contributed by atoms with van der Waals surface area (Å²) in [6.07, 6.45) is -4.79. The highest BCUT2D eigenvalue weighted by molar-refractivity contribution is 5.87. The van der Waals surface area contributed by atoms with Gasteiger partial charge in [0, 0.05) is 18.9 Å². The number of unbranched alkanes of at least 4 members (excludes halogenated alkanes) is 2. The van der Waals surface area contributed by atoms with E-state index in [0.717, 1.165) is 22.3 Å². The summed E-state index contributed by atoms with van der Waals surface area (Å²) in [6.45, 7) is 0.862. The molecule has 2 aromatic carbocycles. The number of hydrogen-bond acceptors (Lipinski definition) is 4. The van der Waals surface area contributed by atoms with Gasteiger partial charge in [0.1, 0.15) is 6.61 Å². The number of rotatable bonds is 10. The molecule has 7 nitrogen and oxygen atoms in total. The van der Waals surface area contributed by atoms with E-state index in [1.165, 1.54) is 0 Å². The summed E-state index contributed by atoms with van der Waals surface area (Å²) in [5, 5.41) is 13.0. The first-order chi connectivity index (χ1) is 16.5. The predicted molar refractivity (Wildman–Crippen MR) is 122 cm³/mol. The first kappa shape index (κ1) is 26.1. The van der Waals surface area contributed by atoms with E-state index in [4.69, 9.17) is 9.84 Å². The molecule has 188 valence electrons. The number of nitrogens with one attached hydrogen (secondary N) is 2. The normalized spacial score (nSPS) is 14.4. The molecule has 0 saturated heterocycles. The Balaban J connectivity index is 1.36. The molecule has 0 heterocycles. The van der Waals surface area contributed by atoms with Crippen molar-refractivity contribution in [3.8, 4) is 11.1 Å². The fourth-order valence-corrected chi connectivity index (χ4v) is 4.01. The van der Waals surface area contributed by atoms with Crippen LogP contribution in [0.15, 0.2) is 48.5 Å². The molecule has 1 aliphatic rings. The highest BCUT2D eigenvalue weighted by atomic mass is 19.4. The molecule has 0 spiro atoms. The number of carboxylic acid groups (broad SMARTS) is 1. The summed E-state index contributed by atoms with van der Waals surface area (Å²) in [4.78, 5) is 34.8. The van der Waals surface area contributed by atoms with Crippen molar-refractivity contribution in [2.45, 2.75) is 50.2 Å². The molecule has 0 fully saturated rings. The van der Waals surface area contributed by atoms with Crippen LogP contribution in [0.5, 0.6) is 0 Å². The van der Waals surface area contributed by atoms with E-state index >= 15 is 0 Å². The van der Waals surface area contributed by atoms with Crippen LogP contribution in [0.3, 0.4) is 0 Å². The van der Waals surface area contributed by atoms with Gasteiger partial charge in [-0.15, -0.1) is 0 Å². The number of amides is 2. The third-order valence-corrected chi connectivity index (χ3v) is 6.08. The van der Waals surface area contributed by atoms with Gasteiger partial charge in [-0.25, -0.2) is 9.59 Å². The van der Waals surface area contributed by atoms with E-state index in [2.05, 4.69) is 5.32 Å². The second kappa shape index (κ2) is 10.8. The van der Waals surface area contributed by atoms with Crippen molar-refractivity contribution in [3.63, 3.8) is 0 Å². The molecular formula is C25H27F3N2O5. The highest BCUT2D eigenvalue weighted by Crippen LogP contribution is 2.44. The van der Waals surface area contributed by atoms with E-state index in [1.54, 1.807) is 5.32 Å². The standard InChI is InChI=1S/C25H27F3N2O5/c1-24(22(32)33,25(26,27)28)30-21(31)13-3-2-8-14-29-23(34)35-15-20-18-11-6-4-9-16(18)17-10-5-7-12-19(17)20/h4-7,9-12,20H,2-3,8,13-15H2,1H3,(H,29,34)(H,30,31)(H,32,33). The summed E-state index contributed by atoms with van der Waals surface area (Å²) in [5.74, 6) is -3.23. The number of benzene rings is 2. The largest absolute Gasteiger partial charge is 0.479 e. The fraction of sp³-hybridized carbons (Fsp3) is 0.400. The molecule has 1 aliphatic carbocycles. The molecule has 35 heavy (non-hydrogen) atoms. The molecule has 1 atom stereocenters. The molecule has 2 amide bonds. The van der Waals surface area contributed by atoms with E-state index < -0.39 is 29.7 Å². The van der Waals surface area contributed by atoms with Crippen LogP contribution in [0.25, 0.3) is 11.1 Å². The van der Waals surface area contributed by atoms with Crippen LogP contribution in [0.4, 0.5) is 18.0 Å². The quantitative estimate of drug-likeness (QED) is 0.420. The zero-order valence-corrected chi connectivity index (χ0v) is 19.2. The second-order valence-electron chi connectivity index (χ2n) is 8.54. The zero-order valence-electron chi connectivity index (χ0n) is 19.2. The lowest BCUT2D eigenvalue weighted by Crippen LogP contribution is -2.61. The van der Waals surface area contributed by atoms with Crippen LogP contribution < -0.4 is 10.6 Å². The maximum Gasteiger partial charge on any atom is 0.422 e. The molecule has 0 aliphatic heterocycles. The lowest BCUT2D eigenvalue weighted by molar-refractivity contribution is -0.207. The number of aliphatic carboxylic acids is 1. The zero-order chi connectivity index (χ0) is 25.6. The monoisotopic (exact) mass is 492 g/mol. The summed E-state index contributed by atoms with van der Waals surface area (Å²) in [7, 11) is 0. The molecule has 10 heteroatoms. The Morgan fingerprint density at radius 3 is 2.06 bits per heavy atom. The molecule has 0 saturated carbocycles. The van der Waals surface area contributed by atoms with Crippen molar-refractivity contribution in [1.82, 2.24) is 10.6 Å². The Hall–Kier alpha value is -3.56. The van der Waals surface area contributed by atoms with Gasteiger partial charge < -0.3 is 20.5 Å². The van der Waals surface area contributed by atoms with Gasteiger partial charge in [0.05, 0.1) is 0 Å². The van der Waals surface area contributed by atoms with E-state index in [9.17, 15) is 27.6 Å². The minimum absolute atomic E-state index is 0.0557. The number of carbonyl (C=O) groups excluding carboxylic acids is 2. The first-order valence-corrected chi connectivity index (χ1v) is 11.2. The minimum Gasteiger partial charge on any atom is -0.479 e. The molecular weight excluding hydrogens is 465 g/mol. The van der Waals surface area contributed by atoms with Crippen molar-refractivity contribution in [3.05, 3.63) is 59.7 Å². The van der Waals surface area contributed by atoms with Gasteiger partial charge in [-0.1, -0.05) is 55.0 Å². The number of carbonyl (C=O) groups is 3. The highest BCUT2D eigenvalue weighted by Gasteiger charge is 2.58. The Labute approximate surface area is 200 Å². The number of ether oxygens (including phenoxy) is 1. The van der Waals surface area contributed by atoms with Crippen LogP contribution in [0.1, 0.15) is 49.7 Å². The van der Waals surface area contributed by atoms with Gasteiger partial charge in [-0.2, -0.15) is 13.2 Å². The van der Waals surface area contributed by atoms with Gasteiger partial charge in [0.25, 0.3) is 0 Å². The third-order valence-electron chi connectivity index (χ3n) is 6.08. The molecule has 0 bridgehead atoms. The number of alkyl carbamates (subject to hydrolysis) is 1. The van der Waals surface area contributed by atoms with Gasteiger partial charge in [0.15, 0.2) is 0 Å². The number of carboxylic acids is 1. The molecule has 0 aromatic heterocycles. The number of hydrogen-bond donors (Lipinski definition) is 3. The average Bonchev–Trinajstić information content (AvgIpc) is 3.12. The Morgan fingerprint density at radius 1 is 0.943 bits per heavy atom. The fourth-order valence-electron chi connectivity index (χ4n) is 4.01. The maximum atomic E-state index is 12.9. The smallest absolute Gasteiger partial charge is 0.422 e. The summed E-state index contributed by atoms with van der Waals surface area (Å²) >= 11 is 0. The van der Waals surface area contributed by atoms with Crippen LogP contribution in [0.2, 0.25) is 0 Å². The van der Waals surface area contributed by atoms with E-state index in [-0.39, 0.29) is 31.9 Å². The van der Waals surface area contributed by atoms with Crippen molar-refractivity contribution < 1.29 is 37.4 Å². The SMILES string of the molecule is CC(NC(=O)CCCCCNC(=O)OCC1c2ccccc2-c2ccccc21)(C(=O)O)C(F)(F)F. The number of halogens is 3. The van der Waals surface area contributed by atoms with Gasteiger partial charge in [0.2, 0.25) is 11.4 Å². The average molecular weight is 492 g/mol. The lowest BCUT2D eigenvalue weighted by atomic mass is 9.98. The van der Waals surface area contributed by atoms with Crippen molar-refractivity contribution in [2.24, 2.45) is 0 Å². The molecule has 2 aromatic rings. The number of alkyl halides is 3. The lowest BCUT2D eigenvalue weighted by Gasteiger charge is -2.28. The van der Waals surface area contributed by atoms with Crippen LogP contribution >= 0.6 is 0 Å². The van der Waals surface area contributed by atoms with Crippen molar-refractivity contribution in [2.75, 3.05) is 13.2 Å². The predicted octanol–water partition coefficient (Wildman–Crippen LogP) is 4.61. The molecule has 3 rings (SSSR count). The summed E-state index contributed by atoms with van der Waals surface area (Å²) in [5.41, 5.74) is 1.11. The Morgan fingerprint density at radius 2 is 1.51 bits per heavy atom. The molecule has 3 N–H and O–H groups in total. The Kier molecular flexibility index (Phi) is 8.03. The molecule has 1 unspecified atom stereocenters. The van der Waals surface area contributed by atoms with Gasteiger partial charge in [-0.3, -0.25) is 4.79 Å². The number of fused-ring (bicyclic) bond motifs is 3. The summed E-state index contributed by atoms with van der Waals surface area (Å²) < 4.78 is 44.2. The Bertz CT molecular complexity index is 1040. The van der Waals surface area contributed by atoms with Crippen LogP contribution in [-0.4, -0.2) is 47.9 Å². The van der Waals surface area contributed by atoms with Crippen LogP contribution in [-0.2, 0) is 14.3 Å². The maximum absolute atomic E-state index is 12.9. The van der Waals surface area contributed by atoms with Gasteiger partial charge >= 0.3 is 18.2 Å². The van der Waals surface area contributed by atoms with Gasteiger partial charge in [-0.05, 0) is 42.0 Å². The van der Waals surface area contributed by atoms with Crippen LogP contribution in [0, 0.1) is 0 Å². The minimum atomic E-state index is -5.12. The van der Waals surface area contributed by atoms with E-state index in [1.807, 2.05) is 48.5 Å². The second-order valence-corrected chi connectivity index (χ2v) is 8.54. The van der Waals surface area contributed by atoms with Crippen molar-refractivity contribution >= 4 is 18.0 Å². The van der Waals surface area contributed by atoms with Crippen molar-refractivity contribution in [1.29, 1.82) is 0 Å². The van der Waals surface area contributed by atoms with E-state index in [0.29, 0.717) is 19.8 Å².